The van der Waals surface area contributed by atoms with E-state index < -0.39 is 15.8 Å². The summed E-state index contributed by atoms with van der Waals surface area (Å²) in [4.78, 5) is 11.9. The minimum Gasteiger partial charge on any atom is -0.455 e. The maximum atomic E-state index is 11.9. The van der Waals surface area contributed by atoms with Gasteiger partial charge in [-0.25, -0.2) is 13.8 Å². The molecule has 0 aliphatic carbocycles. The van der Waals surface area contributed by atoms with Gasteiger partial charge in [0, 0.05) is 5.39 Å². The Morgan fingerprint density at radius 3 is 2.82 bits per heavy atom. The number of amides is 1. The van der Waals surface area contributed by atoms with Gasteiger partial charge in [-0.1, -0.05) is 18.2 Å². The van der Waals surface area contributed by atoms with Crippen LogP contribution in [0, 0.1) is 5.92 Å². The Morgan fingerprint density at radius 1 is 1.36 bits per heavy atom. The van der Waals surface area contributed by atoms with Gasteiger partial charge in [0.25, 0.3) is 0 Å². The van der Waals surface area contributed by atoms with E-state index in [9.17, 15) is 13.2 Å². The molecule has 22 heavy (non-hydrogen) atoms. The molecule has 0 saturated carbocycles. The number of rotatable bonds is 3. The monoisotopic (exact) mass is 320 g/mol. The van der Waals surface area contributed by atoms with Crippen molar-refractivity contribution in [3.8, 4) is 0 Å². The molecule has 1 aliphatic rings. The smallest absolute Gasteiger partial charge is 0.244 e. The quantitative estimate of drug-likeness (QED) is 0.688. The van der Waals surface area contributed by atoms with Crippen LogP contribution >= 0.6 is 0 Å². The van der Waals surface area contributed by atoms with Gasteiger partial charge in [-0.3, -0.25) is 4.79 Å². The van der Waals surface area contributed by atoms with E-state index >= 15 is 0 Å². The van der Waals surface area contributed by atoms with Crippen LogP contribution < -0.4 is 5.43 Å². The van der Waals surface area contributed by atoms with E-state index in [1.54, 1.807) is 6.92 Å². The van der Waals surface area contributed by atoms with Gasteiger partial charge >= 0.3 is 0 Å². The van der Waals surface area contributed by atoms with Crippen molar-refractivity contribution in [3.63, 3.8) is 0 Å². The van der Waals surface area contributed by atoms with Crippen LogP contribution in [0.1, 0.15) is 19.1 Å². The van der Waals surface area contributed by atoms with Crippen LogP contribution in [-0.2, 0) is 14.6 Å². The molecule has 1 N–H and O–H groups in total. The van der Waals surface area contributed by atoms with Crippen molar-refractivity contribution >= 4 is 32.4 Å². The second-order valence-corrected chi connectivity index (χ2v) is 7.65. The maximum Gasteiger partial charge on any atom is 0.244 e. The van der Waals surface area contributed by atoms with Crippen molar-refractivity contribution in [2.45, 2.75) is 13.3 Å². The molecule has 2 aromatic rings. The van der Waals surface area contributed by atoms with E-state index in [-0.39, 0.29) is 17.4 Å². The zero-order valence-electron chi connectivity index (χ0n) is 12.1. The number of sulfone groups is 1. The first-order chi connectivity index (χ1) is 10.4. The summed E-state index contributed by atoms with van der Waals surface area (Å²) >= 11 is 0. The van der Waals surface area contributed by atoms with Crippen molar-refractivity contribution in [3.05, 3.63) is 36.1 Å². The Morgan fingerprint density at radius 2 is 2.14 bits per heavy atom. The van der Waals surface area contributed by atoms with Crippen LogP contribution in [-0.4, -0.2) is 31.5 Å². The van der Waals surface area contributed by atoms with Gasteiger partial charge in [0.1, 0.15) is 11.3 Å². The first-order valence-corrected chi connectivity index (χ1v) is 8.80. The van der Waals surface area contributed by atoms with Gasteiger partial charge in [-0.2, -0.15) is 5.10 Å². The lowest BCUT2D eigenvalue weighted by Crippen LogP contribution is -2.28. The van der Waals surface area contributed by atoms with Crippen molar-refractivity contribution in [1.29, 1.82) is 0 Å². The number of nitrogens with zero attached hydrogens (tertiary/aromatic N) is 1. The molecule has 1 aliphatic heterocycles. The van der Waals surface area contributed by atoms with E-state index in [1.807, 2.05) is 30.3 Å². The molecule has 3 rings (SSSR count). The van der Waals surface area contributed by atoms with Gasteiger partial charge in [-0.05, 0) is 25.5 Å². The average molecular weight is 320 g/mol. The third-order valence-electron chi connectivity index (χ3n) is 3.72. The molecule has 2 heterocycles. The summed E-state index contributed by atoms with van der Waals surface area (Å²) < 4.78 is 28.4. The molecule has 7 heteroatoms. The molecule has 116 valence electrons. The minimum absolute atomic E-state index is 0.0668. The number of para-hydroxylation sites is 1. The second-order valence-electron chi connectivity index (χ2n) is 5.42. The van der Waals surface area contributed by atoms with Crippen LogP contribution in [0.4, 0.5) is 0 Å². The van der Waals surface area contributed by atoms with Gasteiger partial charge in [-0.15, -0.1) is 0 Å². The summed E-state index contributed by atoms with van der Waals surface area (Å²) in [6, 6.07) is 9.42. The van der Waals surface area contributed by atoms with E-state index in [0.717, 1.165) is 11.0 Å². The molecule has 0 spiro atoms. The average Bonchev–Trinajstić information content (AvgIpc) is 3.07. The highest BCUT2D eigenvalue weighted by molar-refractivity contribution is 7.91. The predicted octanol–water partition coefficient (Wildman–Crippen LogP) is 1.71. The van der Waals surface area contributed by atoms with Crippen molar-refractivity contribution in [1.82, 2.24) is 5.43 Å². The second kappa shape index (κ2) is 5.57. The summed E-state index contributed by atoms with van der Waals surface area (Å²) in [7, 11) is -3.08. The zero-order valence-corrected chi connectivity index (χ0v) is 12.9. The van der Waals surface area contributed by atoms with E-state index in [0.29, 0.717) is 17.9 Å². The summed E-state index contributed by atoms with van der Waals surface area (Å²) in [5, 5.41) is 4.97. The van der Waals surface area contributed by atoms with Crippen LogP contribution in [0.2, 0.25) is 0 Å². The highest BCUT2D eigenvalue weighted by Crippen LogP contribution is 2.20. The SMILES string of the molecule is C/C(=N/NC(=O)[C@@H]1CCS(=O)(=O)C1)c1cc2ccccc2o1. The van der Waals surface area contributed by atoms with E-state index in [4.69, 9.17) is 4.42 Å². The number of carbonyl (C=O) groups is 1. The maximum absolute atomic E-state index is 11.9. The number of hydrogen-bond acceptors (Lipinski definition) is 5. The number of nitrogens with one attached hydrogen (secondary N) is 1. The van der Waals surface area contributed by atoms with Crippen LogP contribution in [0.3, 0.4) is 0 Å². The fourth-order valence-corrected chi connectivity index (χ4v) is 4.19. The summed E-state index contributed by atoms with van der Waals surface area (Å²) in [5.41, 5.74) is 3.71. The van der Waals surface area contributed by atoms with Gasteiger partial charge in [0.15, 0.2) is 15.6 Å². The molecular weight excluding hydrogens is 304 g/mol. The number of carbonyl (C=O) groups excluding carboxylic acids is 1. The third kappa shape index (κ3) is 3.04. The van der Waals surface area contributed by atoms with Crippen molar-refractivity contribution < 1.29 is 17.6 Å². The Balaban J connectivity index is 1.71. The Kier molecular flexibility index (Phi) is 3.74. The lowest BCUT2D eigenvalue weighted by molar-refractivity contribution is -0.124. The molecule has 0 unspecified atom stereocenters. The lowest BCUT2D eigenvalue weighted by atomic mass is 10.1. The highest BCUT2D eigenvalue weighted by atomic mass is 32.2. The minimum atomic E-state index is -3.08. The number of hydrogen-bond donors (Lipinski definition) is 1. The largest absolute Gasteiger partial charge is 0.455 e. The topological polar surface area (TPSA) is 88.7 Å². The Hall–Kier alpha value is -2.15. The molecule has 1 aromatic heterocycles. The van der Waals surface area contributed by atoms with Gasteiger partial charge < -0.3 is 4.42 Å². The Bertz CT molecular complexity index is 818. The molecule has 1 saturated heterocycles. The van der Waals surface area contributed by atoms with E-state index in [2.05, 4.69) is 10.5 Å². The summed E-state index contributed by atoms with van der Waals surface area (Å²) in [5.74, 6) is -0.343. The fourth-order valence-electron chi connectivity index (χ4n) is 2.45. The first kappa shape index (κ1) is 14.8. The molecule has 1 atom stereocenters. The Labute approximate surface area is 128 Å². The molecule has 0 radical (unpaired) electrons. The van der Waals surface area contributed by atoms with Gasteiger partial charge in [0.05, 0.1) is 17.4 Å². The molecule has 0 bridgehead atoms. The number of furan rings is 1. The number of fused-ring (bicyclic) bond motifs is 1. The molecule has 1 fully saturated rings. The first-order valence-electron chi connectivity index (χ1n) is 6.98. The molecule has 6 nitrogen and oxygen atoms in total. The summed E-state index contributed by atoms with van der Waals surface area (Å²) in [6.07, 6.45) is 0.355. The lowest BCUT2D eigenvalue weighted by Gasteiger charge is -2.05. The molecule has 1 aromatic carbocycles. The normalized spacial score (nSPS) is 21.1. The van der Waals surface area contributed by atoms with Gasteiger partial charge in [0.2, 0.25) is 5.91 Å². The number of hydrazone groups is 1. The fraction of sp³-hybridized carbons (Fsp3) is 0.333. The predicted molar refractivity (Wildman–Crippen MR) is 83.3 cm³/mol. The third-order valence-corrected chi connectivity index (χ3v) is 5.49. The van der Waals surface area contributed by atoms with E-state index in [1.165, 1.54) is 0 Å². The summed E-state index contributed by atoms with van der Waals surface area (Å²) in [6.45, 7) is 1.73. The van der Waals surface area contributed by atoms with Crippen LogP contribution in [0.15, 0.2) is 39.9 Å². The zero-order chi connectivity index (χ0) is 15.7. The standard InChI is InChI=1S/C15H16N2O4S/c1-10(14-8-11-4-2-3-5-13(11)21-14)16-17-15(18)12-6-7-22(19,20)9-12/h2-5,8,12H,6-7,9H2,1H3,(H,17,18)/b16-10-/t12-/m1/s1. The van der Waals surface area contributed by atoms with Crippen molar-refractivity contribution in [2.75, 3.05) is 11.5 Å². The van der Waals surface area contributed by atoms with Crippen LogP contribution in [0.25, 0.3) is 11.0 Å². The number of benzene rings is 1. The molecule has 1 amide bonds. The van der Waals surface area contributed by atoms with Crippen molar-refractivity contribution in [2.24, 2.45) is 11.0 Å². The highest BCUT2D eigenvalue weighted by Gasteiger charge is 2.32. The van der Waals surface area contributed by atoms with Crippen LogP contribution in [0.5, 0.6) is 0 Å². The molecular formula is C15H16N2O4S.